The van der Waals surface area contributed by atoms with Gasteiger partial charge in [0.25, 0.3) is 0 Å². The maximum absolute atomic E-state index is 11.3. The van der Waals surface area contributed by atoms with Gasteiger partial charge in [0, 0.05) is 6.54 Å². The molecule has 0 radical (unpaired) electrons. The van der Waals surface area contributed by atoms with Crippen molar-refractivity contribution >= 4 is 5.91 Å². The highest BCUT2D eigenvalue weighted by atomic mass is 16.6. The smallest absolute Gasteiger partial charge is 0.239 e. The summed E-state index contributed by atoms with van der Waals surface area (Å²) in [6, 6.07) is -0.599. The van der Waals surface area contributed by atoms with Crippen LogP contribution in [0.5, 0.6) is 0 Å². The highest BCUT2D eigenvalue weighted by molar-refractivity contribution is 5.82. The van der Waals surface area contributed by atoms with E-state index >= 15 is 0 Å². The lowest BCUT2D eigenvalue weighted by Crippen LogP contribution is -2.49. The minimum Gasteiger partial charge on any atom is -0.391 e. The topological polar surface area (TPSA) is 96.6 Å². The molecule has 0 heterocycles. The molecule has 0 saturated heterocycles. The fourth-order valence-corrected chi connectivity index (χ4v) is 0.934. The summed E-state index contributed by atoms with van der Waals surface area (Å²) in [5.41, 5.74) is 0. The lowest BCUT2D eigenvalue weighted by Gasteiger charge is -2.18. The lowest BCUT2D eigenvalue weighted by molar-refractivity contribution is -0.125. The van der Waals surface area contributed by atoms with Crippen molar-refractivity contribution in [3.05, 3.63) is 0 Å². The van der Waals surface area contributed by atoms with Crippen LogP contribution in [-0.2, 0) is 9.63 Å². The quantitative estimate of drug-likeness (QED) is 0.286. The Morgan fingerprint density at radius 3 is 2.69 bits per heavy atom. The summed E-state index contributed by atoms with van der Waals surface area (Å²) in [4.78, 5) is 15.5. The first-order valence-electron chi connectivity index (χ1n) is 4.08. The highest BCUT2D eigenvalue weighted by Crippen LogP contribution is 1.91. The van der Waals surface area contributed by atoms with Gasteiger partial charge in [-0.25, -0.2) is 5.90 Å². The molecule has 0 saturated carbocycles. The van der Waals surface area contributed by atoms with Gasteiger partial charge in [-0.05, 0) is 14.0 Å². The average molecular weight is 191 g/mol. The van der Waals surface area contributed by atoms with E-state index in [9.17, 15) is 4.79 Å². The number of nitrogens with one attached hydrogen (secondary N) is 2. The van der Waals surface area contributed by atoms with Crippen molar-refractivity contribution < 1.29 is 14.7 Å². The summed E-state index contributed by atoms with van der Waals surface area (Å²) in [6.07, 6.45) is -0.733. The maximum atomic E-state index is 11.3. The Morgan fingerprint density at radius 1 is 1.69 bits per heavy atom. The highest BCUT2D eigenvalue weighted by Gasteiger charge is 2.20. The predicted molar refractivity (Wildman–Crippen MR) is 47.7 cm³/mol. The fraction of sp³-hybridized carbons (Fsp3) is 0.857. The van der Waals surface area contributed by atoms with Crippen LogP contribution in [-0.4, -0.2) is 43.4 Å². The third-order valence-electron chi connectivity index (χ3n) is 1.60. The molecule has 2 atom stereocenters. The van der Waals surface area contributed by atoms with Gasteiger partial charge < -0.3 is 20.6 Å². The summed E-state index contributed by atoms with van der Waals surface area (Å²) in [6.45, 7) is 2.13. The Kier molecular flexibility index (Phi) is 6.43. The zero-order valence-electron chi connectivity index (χ0n) is 7.91. The number of likely N-dealkylation sites (N-methyl/N-ethyl adjacent to an activating group) is 1. The van der Waals surface area contributed by atoms with Crippen molar-refractivity contribution in [3.63, 3.8) is 0 Å². The minimum atomic E-state index is -0.733. The number of aliphatic hydroxyl groups is 1. The first kappa shape index (κ1) is 12.3. The SMILES string of the molecule is CNC(C(=O)NCCON)C(C)O. The predicted octanol–water partition coefficient (Wildman–Crippen LogP) is -2.04. The molecule has 6 nitrogen and oxygen atoms in total. The number of nitrogens with two attached hydrogens (primary N) is 1. The summed E-state index contributed by atoms with van der Waals surface area (Å²) in [7, 11) is 1.61. The third kappa shape index (κ3) is 4.79. The van der Waals surface area contributed by atoms with Crippen LogP contribution in [0.3, 0.4) is 0 Å². The number of hydrogen-bond donors (Lipinski definition) is 4. The molecule has 78 valence electrons. The molecule has 0 aliphatic carbocycles. The van der Waals surface area contributed by atoms with Crippen LogP contribution in [0.15, 0.2) is 0 Å². The van der Waals surface area contributed by atoms with Gasteiger partial charge in [0.05, 0.1) is 12.7 Å². The minimum absolute atomic E-state index is 0.252. The lowest BCUT2D eigenvalue weighted by atomic mass is 10.2. The summed E-state index contributed by atoms with van der Waals surface area (Å²) < 4.78 is 0. The fourth-order valence-electron chi connectivity index (χ4n) is 0.934. The van der Waals surface area contributed by atoms with Gasteiger partial charge >= 0.3 is 0 Å². The van der Waals surface area contributed by atoms with Gasteiger partial charge in [-0.1, -0.05) is 0 Å². The van der Waals surface area contributed by atoms with E-state index in [1.165, 1.54) is 0 Å². The van der Waals surface area contributed by atoms with E-state index in [1.54, 1.807) is 14.0 Å². The molecule has 0 bridgehead atoms. The number of aliphatic hydroxyl groups excluding tert-OH is 1. The van der Waals surface area contributed by atoms with Gasteiger partial charge in [0.15, 0.2) is 0 Å². The van der Waals surface area contributed by atoms with Crippen molar-refractivity contribution in [1.29, 1.82) is 0 Å². The van der Waals surface area contributed by atoms with Crippen LogP contribution in [0.4, 0.5) is 0 Å². The molecule has 5 N–H and O–H groups in total. The van der Waals surface area contributed by atoms with Gasteiger partial charge in [-0.3, -0.25) is 4.79 Å². The molecule has 1 amide bonds. The Bertz CT molecular complexity index is 152. The molecule has 0 aliphatic rings. The van der Waals surface area contributed by atoms with E-state index in [0.29, 0.717) is 6.54 Å². The number of hydrogen-bond acceptors (Lipinski definition) is 5. The first-order chi connectivity index (χ1) is 6.13. The molecule has 6 heteroatoms. The van der Waals surface area contributed by atoms with Crippen LogP contribution >= 0.6 is 0 Å². The number of amides is 1. The Balaban J connectivity index is 3.78. The largest absolute Gasteiger partial charge is 0.391 e. The van der Waals surface area contributed by atoms with Gasteiger partial charge in [-0.2, -0.15) is 0 Å². The second-order valence-corrected chi connectivity index (χ2v) is 2.67. The summed E-state index contributed by atoms with van der Waals surface area (Å²) in [5.74, 6) is 4.50. The van der Waals surface area contributed by atoms with E-state index in [-0.39, 0.29) is 12.5 Å². The van der Waals surface area contributed by atoms with E-state index in [4.69, 9.17) is 11.0 Å². The second kappa shape index (κ2) is 6.79. The molecular formula is C7H17N3O3. The van der Waals surface area contributed by atoms with Crippen molar-refractivity contribution in [3.8, 4) is 0 Å². The van der Waals surface area contributed by atoms with Crippen molar-refractivity contribution in [2.45, 2.75) is 19.1 Å². The zero-order valence-corrected chi connectivity index (χ0v) is 7.91. The molecule has 0 aromatic carbocycles. The number of carbonyl (C=O) groups excluding carboxylic acids is 1. The number of carbonyl (C=O) groups is 1. The van der Waals surface area contributed by atoms with Gasteiger partial charge in [-0.15, -0.1) is 0 Å². The molecule has 2 unspecified atom stereocenters. The Hall–Kier alpha value is -0.690. The average Bonchev–Trinajstić information content (AvgIpc) is 2.05. The summed E-state index contributed by atoms with van der Waals surface area (Å²) >= 11 is 0. The molecule has 0 spiro atoms. The van der Waals surface area contributed by atoms with Crippen molar-refractivity contribution in [2.75, 3.05) is 20.2 Å². The van der Waals surface area contributed by atoms with E-state index in [2.05, 4.69) is 15.5 Å². The van der Waals surface area contributed by atoms with E-state index < -0.39 is 12.1 Å². The maximum Gasteiger partial charge on any atom is 0.239 e. The van der Waals surface area contributed by atoms with Crippen LogP contribution < -0.4 is 16.5 Å². The normalized spacial score (nSPS) is 15.1. The zero-order chi connectivity index (χ0) is 10.3. The van der Waals surface area contributed by atoms with Crippen molar-refractivity contribution in [2.24, 2.45) is 5.90 Å². The number of rotatable bonds is 6. The molecule has 0 aromatic heterocycles. The molecule has 0 fully saturated rings. The summed E-state index contributed by atoms with van der Waals surface area (Å²) in [5, 5.41) is 14.4. The molecule has 0 aromatic rings. The molecule has 0 rings (SSSR count). The van der Waals surface area contributed by atoms with E-state index in [1.807, 2.05) is 0 Å². The van der Waals surface area contributed by atoms with Crippen LogP contribution in [0.1, 0.15) is 6.92 Å². The standard InChI is InChI=1S/C7H17N3O3/c1-5(11)6(9-2)7(12)10-3-4-13-8/h5-6,9,11H,3-4,8H2,1-2H3,(H,10,12). The first-order valence-corrected chi connectivity index (χ1v) is 4.08. The Morgan fingerprint density at radius 2 is 2.31 bits per heavy atom. The second-order valence-electron chi connectivity index (χ2n) is 2.67. The molecule has 13 heavy (non-hydrogen) atoms. The van der Waals surface area contributed by atoms with E-state index in [0.717, 1.165) is 0 Å². The van der Waals surface area contributed by atoms with Crippen LogP contribution in [0.25, 0.3) is 0 Å². The molecular weight excluding hydrogens is 174 g/mol. The molecule has 0 aliphatic heterocycles. The Labute approximate surface area is 77.4 Å². The van der Waals surface area contributed by atoms with Crippen LogP contribution in [0.2, 0.25) is 0 Å². The monoisotopic (exact) mass is 191 g/mol. The van der Waals surface area contributed by atoms with Crippen molar-refractivity contribution in [1.82, 2.24) is 10.6 Å². The third-order valence-corrected chi connectivity index (χ3v) is 1.60. The van der Waals surface area contributed by atoms with Gasteiger partial charge in [0.1, 0.15) is 6.04 Å². The van der Waals surface area contributed by atoms with Gasteiger partial charge in [0.2, 0.25) is 5.91 Å². The van der Waals surface area contributed by atoms with Crippen LogP contribution in [0, 0.1) is 0 Å².